The Morgan fingerprint density at radius 2 is 2.19 bits per heavy atom. The summed E-state index contributed by atoms with van der Waals surface area (Å²) in [7, 11) is 0. The van der Waals surface area contributed by atoms with Crippen LogP contribution in [-0.2, 0) is 4.74 Å². The van der Waals surface area contributed by atoms with Crippen LogP contribution in [0.5, 0.6) is 0 Å². The lowest BCUT2D eigenvalue weighted by Gasteiger charge is -2.30. The first-order valence-electron chi connectivity index (χ1n) is 8.99. The molecule has 0 saturated carbocycles. The van der Waals surface area contributed by atoms with Gasteiger partial charge in [-0.15, -0.1) is 0 Å². The van der Waals surface area contributed by atoms with Crippen LogP contribution in [0.25, 0.3) is 0 Å². The molecule has 0 aliphatic carbocycles. The Morgan fingerprint density at radius 1 is 1.48 bits per heavy atom. The van der Waals surface area contributed by atoms with Crippen molar-refractivity contribution in [2.24, 2.45) is 15.7 Å². The van der Waals surface area contributed by atoms with Crippen molar-refractivity contribution in [1.29, 1.82) is 5.26 Å². The number of hydrogen-bond acceptors (Lipinski definition) is 5. The van der Waals surface area contributed by atoms with Crippen molar-refractivity contribution in [2.75, 3.05) is 13.1 Å². The molecule has 0 atom stereocenters. The zero-order valence-electron chi connectivity index (χ0n) is 16.7. The highest BCUT2D eigenvalue weighted by atomic mass is 16.6. The van der Waals surface area contributed by atoms with Crippen molar-refractivity contribution < 1.29 is 9.53 Å². The van der Waals surface area contributed by atoms with Crippen LogP contribution in [0.1, 0.15) is 47.0 Å². The molecule has 1 heterocycles. The molecule has 7 heteroatoms. The second-order valence-corrected chi connectivity index (χ2v) is 7.16. The molecule has 0 radical (unpaired) electrons. The van der Waals surface area contributed by atoms with Gasteiger partial charge in [-0.2, -0.15) is 5.26 Å². The first kappa shape index (κ1) is 22.2. The second-order valence-electron chi connectivity index (χ2n) is 7.16. The van der Waals surface area contributed by atoms with Gasteiger partial charge in [-0.3, -0.25) is 0 Å². The molecule has 0 aromatic carbocycles. The van der Waals surface area contributed by atoms with Gasteiger partial charge in [0.15, 0.2) is 0 Å². The van der Waals surface area contributed by atoms with Gasteiger partial charge in [-0.05, 0) is 27.2 Å². The van der Waals surface area contributed by atoms with Crippen LogP contribution < -0.4 is 5.73 Å². The summed E-state index contributed by atoms with van der Waals surface area (Å²) in [6.07, 6.45) is 6.25. The third-order valence-corrected chi connectivity index (χ3v) is 3.62. The number of nitrogens with two attached hydrogens (primary N) is 1. The van der Waals surface area contributed by atoms with E-state index in [-0.39, 0.29) is 6.09 Å². The van der Waals surface area contributed by atoms with E-state index in [1.54, 1.807) is 11.1 Å². The molecular weight excluding hydrogens is 342 g/mol. The number of carbonyl (C=O) groups is 1. The number of amides is 1. The summed E-state index contributed by atoms with van der Waals surface area (Å²) in [6, 6.07) is 2.00. The standard InChI is InChI=1S/C20H29N5O2/c1-6-8-18(23-12-15(7-2)11-21)24-13-16-14-25(10-9-17(16)22)19(26)27-20(3,4)5/h7,12-13H,2,6,8-10,14,22H2,1,3-5H3/b15-12+,23-18?,24-13?. The van der Waals surface area contributed by atoms with Gasteiger partial charge in [0.2, 0.25) is 0 Å². The number of amidine groups is 1. The van der Waals surface area contributed by atoms with Crippen molar-refractivity contribution in [3.63, 3.8) is 0 Å². The predicted octanol–water partition coefficient (Wildman–Crippen LogP) is 3.70. The van der Waals surface area contributed by atoms with Gasteiger partial charge in [-0.1, -0.05) is 19.6 Å². The maximum atomic E-state index is 12.3. The average Bonchev–Trinajstić information content (AvgIpc) is 2.60. The van der Waals surface area contributed by atoms with Crippen LogP contribution in [0.15, 0.2) is 45.7 Å². The van der Waals surface area contributed by atoms with Crippen molar-refractivity contribution >= 4 is 18.1 Å². The summed E-state index contributed by atoms with van der Waals surface area (Å²) in [5, 5.41) is 8.93. The Kier molecular flexibility index (Phi) is 8.46. The average molecular weight is 371 g/mol. The molecule has 0 unspecified atom stereocenters. The minimum absolute atomic E-state index is 0.343. The van der Waals surface area contributed by atoms with Crippen LogP contribution in [0, 0.1) is 11.3 Å². The number of rotatable bonds is 5. The fraction of sp³-hybridized carbons (Fsp3) is 0.500. The summed E-state index contributed by atoms with van der Waals surface area (Å²) in [6.45, 7) is 11.9. The molecule has 1 amide bonds. The zero-order chi connectivity index (χ0) is 20.4. The van der Waals surface area contributed by atoms with Crippen molar-refractivity contribution in [1.82, 2.24) is 4.90 Å². The van der Waals surface area contributed by atoms with E-state index in [9.17, 15) is 4.79 Å². The van der Waals surface area contributed by atoms with Gasteiger partial charge in [0.05, 0.1) is 12.1 Å². The first-order chi connectivity index (χ1) is 12.7. The smallest absolute Gasteiger partial charge is 0.410 e. The van der Waals surface area contributed by atoms with Gasteiger partial charge in [0.1, 0.15) is 17.5 Å². The number of nitriles is 1. The molecule has 0 spiro atoms. The number of aliphatic imine (C=N–C) groups is 2. The molecule has 0 aromatic heterocycles. The third kappa shape index (κ3) is 7.90. The number of allylic oxidation sites excluding steroid dienone is 2. The van der Waals surface area contributed by atoms with E-state index in [1.807, 2.05) is 33.8 Å². The Morgan fingerprint density at radius 3 is 2.74 bits per heavy atom. The van der Waals surface area contributed by atoms with E-state index < -0.39 is 5.60 Å². The lowest BCUT2D eigenvalue weighted by atomic mass is 10.1. The number of nitrogens with zero attached hydrogens (tertiary/aromatic N) is 4. The van der Waals surface area contributed by atoms with Gasteiger partial charge in [-0.25, -0.2) is 14.8 Å². The summed E-state index contributed by atoms with van der Waals surface area (Å²) in [5.41, 5.74) is 7.39. The van der Waals surface area contributed by atoms with Gasteiger partial charge >= 0.3 is 6.09 Å². The van der Waals surface area contributed by atoms with E-state index in [2.05, 4.69) is 16.6 Å². The quantitative estimate of drug-likeness (QED) is 0.344. The minimum Gasteiger partial charge on any atom is -0.444 e. The lowest BCUT2D eigenvalue weighted by Crippen LogP contribution is -2.41. The SMILES string of the molecule is C=C/C(C#N)=C\N=C(CCC)N=CC1=C(N)CCN(C(=O)OC(C)(C)C)C1. The highest BCUT2D eigenvalue weighted by molar-refractivity contribution is 5.95. The van der Waals surface area contributed by atoms with Gasteiger partial charge < -0.3 is 15.4 Å². The Labute approximate surface area is 161 Å². The fourth-order valence-electron chi connectivity index (χ4n) is 2.22. The van der Waals surface area contributed by atoms with E-state index in [0.717, 1.165) is 12.0 Å². The maximum Gasteiger partial charge on any atom is 0.410 e. The Hall–Kier alpha value is -2.88. The molecule has 0 bridgehead atoms. The zero-order valence-corrected chi connectivity index (χ0v) is 16.7. The van der Waals surface area contributed by atoms with Crippen molar-refractivity contribution in [3.05, 3.63) is 35.7 Å². The summed E-state index contributed by atoms with van der Waals surface area (Å²) >= 11 is 0. The topological polar surface area (TPSA) is 104 Å². The van der Waals surface area contributed by atoms with Crippen LogP contribution in [0.2, 0.25) is 0 Å². The normalized spacial score (nSPS) is 16.5. The summed E-state index contributed by atoms with van der Waals surface area (Å²) in [4.78, 5) is 22.6. The fourth-order valence-corrected chi connectivity index (χ4v) is 2.22. The minimum atomic E-state index is -0.547. The molecule has 0 fully saturated rings. The molecule has 1 aliphatic heterocycles. The van der Waals surface area contributed by atoms with Crippen molar-refractivity contribution in [3.8, 4) is 6.07 Å². The molecule has 0 aromatic rings. The highest BCUT2D eigenvalue weighted by Crippen LogP contribution is 2.17. The summed E-state index contributed by atoms with van der Waals surface area (Å²) in [5.74, 6) is 0.585. The predicted molar refractivity (Wildman–Crippen MR) is 108 cm³/mol. The van der Waals surface area contributed by atoms with Crippen LogP contribution >= 0.6 is 0 Å². The van der Waals surface area contributed by atoms with E-state index >= 15 is 0 Å². The van der Waals surface area contributed by atoms with E-state index in [1.165, 1.54) is 12.3 Å². The molecule has 1 aliphatic rings. The Bertz CT molecular complexity index is 718. The van der Waals surface area contributed by atoms with Crippen LogP contribution in [-0.4, -0.2) is 41.7 Å². The highest BCUT2D eigenvalue weighted by Gasteiger charge is 2.25. The molecule has 27 heavy (non-hydrogen) atoms. The lowest BCUT2D eigenvalue weighted by molar-refractivity contribution is 0.0263. The second kappa shape index (κ2) is 10.3. The molecule has 2 N–H and O–H groups in total. The number of carbonyl (C=O) groups excluding carboxylic acids is 1. The Balaban J connectivity index is 2.94. The maximum absolute atomic E-state index is 12.3. The molecule has 1 rings (SSSR count). The van der Waals surface area contributed by atoms with Gasteiger partial charge in [0, 0.05) is 43.1 Å². The van der Waals surface area contributed by atoms with E-state index in [0.29, 0.717) is 43.0 Å². The monoisotopic (exact) mass is 371 g/mol. The largest absolute Gasteiger partial charge is 0.444 e. The number of hydrogen-bond donors (Lipinski definition) is 1. The van der Waals surface area contributed by atoms with Gasteiger partial charge in [0.25, 0.3) is 0 Å². The number of ether oxygens (including phenoxy) is 1. The molecule has 0 saturated heterocycles. The summed E-state index contributed by atoms with van der Waals surface area (Å²) < 4.78 is 5.42. The van der Waals surface area contributed by atoms with Crippen LogP contribution in [0.4, 0.5) is 4.79 Å². The van der Waals surface area contributed by atoms with Crippen LogP contribution in [0.3, 0.4) is 0 Å². The van der Waals surface area contributed by atoms with Crippen molar-refractivity contribution in [2.45, 2.75) is 52.6 Å². The molecule has 146 valence electrons. The first-order valence-corrected chi connectivity index (χ1v) is 8.99. The molecule has 7 nitrogen and oxygen atoms in total. The van der Waals surface area contributed by atoms with E-state index in [4.69, 9.17) is 15.7 Å². The molecular formula is C20H29N5O2. The third-order valence-electron chi connectivity index (χ3n) is 3.62.